The molecule has 3 nitrogen and oxygen atoms in total. The first-order valence-electron chi connectivity index (χ1n) is 7.84. The lowest BCUT2D eigenvalue weighted by Gasteiger charge is -2.28. The smallest absolute Gasteiger partial charge is 0.198 e. The highest BCUT2D eigenvalue weighted by Gasteiger charge is 2.26. The predicted octanol–water partition coefficient (Wildman–Crippen LogP) is 3.76. The van der Waals surface area contributed by atoms with E-state index in [-0.39, 0.29) is 5.92 Å². The Morgan fingerprint density at radius 2 is 1.74 bits per heavy atom. The zero-order chi connectivity index (χ0) is 16.2. The van der Waals surface area contributed by atoms with Crippen LogP contribution in [0.5, 0.6) is 11.5 Å². The van der Waals surface area contributed by atoms with Crippen LogP contribution in [-0.4, -0.2) is 13.1 Å². The molecule has 0 aromatic heterocycles. The van der Waals surface area contributed by atoms with Crippen molar-refractivity contribution in [3.63, 3.8) is 0 Å². The van der Waals surface area contributed by atoms with Crippen molar-refractivity contribution in [1.29, 1.82) is 0 Å². The van der Waals surface area contributed by atoms with Crippen LogP contribution in [-0.2, 0) is 0 Å². The lowest BCUT2D eigenvalue weighted by Crippen LogP contribution is -2.34. The van der Waals surface area contributed by atoms with E-state index in [1.807, 2.05) is 6.07 Å². The van der Waals surface area contributed by atoms with Crippen LogP contribution in [0.3, 0.4) is 0 Å². The Bertz CT molecular complexity index is 658. The van der Waals surface area contributed by atoms with E-state index >= 15 is 0 Å². The van der Waals surface area contributed by atoms with Gasteiger partial charge in [-0.1, -0.05) is 24.3 Å². The Hall–Kier alpha value is -1.98. The maximum absolute atomic E-state index is 14.8. The van der Waals surface area contributed by atoms with Gasteiger partial charge in [0.2, 0.25) is 0 Å². The minimum atomic E-state index is -0.729. The van der Waals surface area contributed by atoms with Gasteiger partial charge in [-0.05, 0) is 50.0 Å². The molecule has 23 heavy (non-hydrogen) atoms. The summed E-state index contributed by atoms with van der Waals surface area (Å²) in [6, 6.07) is 10.8. The van der Waals surface area contributed by atoms with Gasteiger partial charge in [0.1, 0.15) is 5.75 Å². The molecule has 0 aliphatic carbocycles. The van der Waals surface area contributed by atoms with Gasteiger partial charge in [-0.3, -0.25) is 0 Å². The van der Waals surface area contributed by atoms with E-state index in [1.54, 1.807) is 24.3 Å². The second-order valence-electron chi connectivity index (χ2n) is 5.81. The SMILES string of the molecule is NC(c1ccc(F)c(Oc2ccccc2)c1F)C1CCNCC1. The van der Waals surface area contributed by atoms with E-state index in [1.165, 1.54) is 12.1 Å². The number of rotatable bonds is 4. The molecule has 5 heteroatoms. The molecule has 2 aromatic carbocycles. The minimum absolute atomic E-state index is 0.181. The molecule has 1 atom stereocenters. The van der Waals surface area contributed by atoms with Gasteiger partial charge in [0.05, 0.1) is 0 Å². The van der Waals surface area contributed by atoms with Crippen LogP contribution in [0.25, 0.3) is 0 Å². The Morgan fingerprint density at radius 3 is 2.43 bits per heavy atom. The summed E-state index contributed by atoms with van der Waals surface area (Å²) in [5, 5.41) is 3.25. The number of piperidine rings is 1. The molecular weight excluding hydrogens is 298 g/mol. The Morgan fingerprint density at radius 1 is 1.04 bits per heavy atom. The molecule has 0 bridgehead atoms. The Balaban J connectivity index is 1.88. The van der Waals surface area contributed by atoms with Crippen LogP contribution in [0.1, 0.15) is 24.4 Å². The molecule has 0 amide bonds. The molecule has 0 radical (unpaired) electrons. The zero-order valence-electron chi connectivity index (χ0n) is 12.8. The van der Waals surface area contributed by atoms with Crippen molar-refractivity contribution in [2.45, 2.75) is 18.9 Å². The van der Waals surface area contributed by atoms with Gasteiger partial charge >= 0.3 is 0 Å². The van der Waals surface area contributed by atoms with Gasteiger partial charge in [-0.25, -0.2) is 8.78 Å². The van der Waals surface area contributed by atoms with Crippen LogP contribution >= 0.6 is 0 Å². The molecule has 122 valence electrons. The van der Waals surface area contributed by atoms with Gasteiger partial charge in [0.15, 0.2) is 17.4 Å². The summed E-state index contributed by atoms with van der Waals surface area (Å²) in [6.45, 7) is 1.74. The predicted molar refractivity (Wildman–Crippen MR) is 85.4 cm³/mol. The summed E-state index contributed by atoms with van der Waals surface area (Å²) >= 11 is 0. The Kier molecular flexibility index (Phi) is 4.88. The van der Waals surface area contributed by atoms with E-state index in [9.17, 15) is 8.78 Å². The molecular formula is C18H20F2N2O. The number of hydrogen-bond acceptors (Lipinski definition) is 3. The molecule has 1 unspecified atom stereocenters. The van der Waals surface area contributed by atoms with E-state index < -0.39 is 23.4 Å². The third-order valence-electron chi connectivity index (χ3n) is 4.29. The maximum Gasteiger partial charge on any atom is 0.198 e. The largest absolute Gasteiger partial charge is 0.451 e. The number of hydrogen-bond donors (Lipinski definition) is 2. The normalized spacial score (nSPS) is 17.0. The lowest BCUT2D eigenvalue weighted by atomic mass is 9.86. The molecule has 1 fully saturated rings. The fourth-order valence-electron chi connectivity index (χ4n) is 2.96. The number of halogens is 2. The highest BCUT2D eigenvalue weighted by atomic mass is 19.1. The van der Waals surface area contributed by atoms with Gasteiger partial charge in [0, 0.05) is 11.6 Å². The second kappa shape index (κ2) is 7.06. The first-order valence-corrected chi connectivity index (χ1v) is 7.84. The van der Waals surface area contributed by atoms with Crippen molar-refractivity contribution in [2.75, 3.05) is 13.1 Å². The Labute approximate surface area is 134 Å². The van der Waals surface area contributed by atoms with E-state index in [4.69, 9.17) is 10.5 Å². The van der Waals surface area contributed by atoms with E-state index in [2.05, 4.69) is 5.32 Å². The monoisotopic (exact) mass is 318 g/mol. The molecule has 1 heterocycles. The van der Waals surface area contributed by atoms with Crippen molar-refractivity contribution in [2.24, 2.45) is 11.7 Å². The number of para-hydroxylation sites is 1. The van der Waals surface area contributed by atoms with E-state index in [0.717, 1.165) is 25.9 Å². The number of nitrogens with one attached hydrogen (secondary N) is 1. The number of nitrogens with two attached hydrogens (primary N) is 1. The van der Waals surface area contributed by atoms with Gasteiger partial charge in [0.25, 0.3) is 0 Å². The maximum atomic E-state index is 14.8. The molecule has 1 aliphatic rings. The molecule has 3 rings (SSSR count). The first kappa shape index (κ1) is 15.9. The average Bonchev–Trinajstić information content (AvgIpc) is 2.60. The van der Waals surface area contributed by atoms with Gasteiger partial charge < -0.3 is 15.8 Å². The summed E-state index contributed by atoms with van der Waals surface area (Å²) in [4.78, 5) is 0. The number of benzene rings is 2. The standard InChI is InChI=1S/C18H20F2N2O/c19-15-7-6-14(17(21)12-8-10-22-11-9-12)16(20)18(15)23-13-4-2-1-3-5-13/h1-7,12,17,22H,8-11,21H2. The summed E-state index contributed by atoms with van der Waals surface area (Å²) in [5.74, 6) is -1.26. The fourth-order valence-corrected chi connectivity index (χ4v) is 2.96. The zero-order valence-corrected chi connectivity index (χ0v) is 12.8. The molecule has 2 aromatic rings. The fraction of sp³-hybridized carbons (Fsp3) is 0.333. The second-order valence-corrected chi connectivity index (χ2v) is 5.81. The number of ether oxygens (including phenoxy) is 1. The van der Waals surface area contributed by atoms with Crippen LogP contribution in [0.15, 0.2) is 42.5 Å². The quantitative estimate of drug-likeness (QED) is 0.902. The molecule has 3 N–H and O–H groups in total. The third kappa shape index (κ3) is 3.51. The summed E-state index contributed by atoms with van der Waals surface area (Å²) in [7, 11) is 0. The van der Waals surface area contributed by atoms with Crippen LogP contribution in [0.2, 0.25) is 0 Å². The molecule has 0 saturated carbocycles. The first-order chi connectivity index (χ1) is 11.2. The van der Waals surface area contributed by atoms with Gasteiger partial charge in [-0.15, -0.1) is 0 Å². The topological polar surface area (TPSA) is 47.3 Å². The highest BCUT2D eigenvalue weighted by molar-refractivity contribution is 5.38. The molecule has 1 saturated heterocycles. The molecule has 0 spiro atoms. The average molecular weight is 318 g/mol. The third-order valence-corrected chi connectivity index (χ3v) is 4.29. The van der Waals surface area contributed by atoms with Crippen LogP contribution in [0.4, 0.5) is 8.78 Å². The van der Waals surface area contributed by atoms with Crippen LogP contribution < -0.4 is 15.8 Å². The van der Waals surface area contributed by atoms with Crippen molar-refractivity contribution in [3.05, 3.63) is 59.7 Å². The summed E-state index contributed by atoms with van der Waals surface area (Å²) in [5.41, 5.74) is 6.55. The van der Waals surface area contributed by atoms with Crippen LogP contribution in [0, 0.1) is 17.6 Å². The summed E-state index contributed by atoms with van der Waals surface area (Å²) in [6.07, 6.45) is 1.76. The highest BCUT2D eigenvalue weighted by Crippen LogP contribution is 2.35. The summed E-state index contributed by atoms with van der Waals surface area (Å²) < 4.78 is 34.2. The van der Waals surface area contributed by atoms with Crippen molar-refractivity contribution < 1.29 is 13.5 Å². The van der Waals surface area contributed by atoms with Crippen molar-refractivity contribution in [1.82, 2.24) is 5.32 Å². The van der Waals surface area contributed by atoms with Crippen molar-refractivity contribution in [3.8, 4) is 11.5 Å². The van der Waals surface area contributed by atoms with Crippen molar-refractivity contribution >= 4 is 0 Å². The minimum Gasteiger partial charge on any atom is -0.451 e. The van der Waals surface area contributed by atoms with Gasteiger partial charge in [-0.2, -0.15) is 0 Å². The molecule has 1 aliphatic heterocycles. The lowest BCUT2D eigenvalue weighted by molar-refractivity contribution is 0.313. The van der Waals surface area contributed by atoms with E-state index in [0.29, 0.717) is 11.3 Å².